The topological polar surface area (TPSA) is 79.2 Å². The molecule has 72 valence electrons. The molecule has 0 saturated carbocycles. The van der Waals surface area contributed by atoms with Crippen LogP contribution in [0.5, 0.6) is 0 Å². The molecule has 0 aromatic heterocycles. The average molecular weight is 178 g/mol. The van der Waals surface area contributed by atoms with Crippen molar-refractivity contribution in [3.8, 4) is 0 Å². The molecule has 1 rings (SSSR count). The van der Waals surface area contributed by atoms with Gasteiger partial charge in [-0.15, -0.1) is 0 Å². The average Bonchev–Trinajstić information content (AvgIpc) is 2.19. The summed E-state index contributed by atoms with van der Waals surface area (Å²) in [5, 5.41) is 27.5. The number of aliphatic hydroxyl groups excluding tert-OH is 3. The molecular formula is C7H14O5. The molecule has 0 bridgehead atoms. The lowest BCUT2D eigenvalue weighted by Crippen LogP contribution is -2.43. The minimum atomic E-state index is -1.09. The molecule has 0 aromatic rings. The lowest BCUT2D eigenvalue weighted by molar-refractivity contribution is -0.114. The molecule has 5 heteroatoms. The van der Waals surface area contributed by atoms with Crippen LogP contribution in [0.2, 0.25) is 0 Å². The summed E-state index contributed by atoms with van der Waals surface area (Å²) in [5.74, 6) is 0. The Kier molecular flexibility index (Phi) is 3.42. The first kappa shape index (κ1) is 9.88. The summed E-state index contributed by atoms with van der Waals surface area (Å²) in [5.41, 5.74) is 0. The number of hydrogen-bond acceptors (Lipinski definition) is 5. The number of rotatable bonds is 1. The lowest BCUT2D eigenvalue weighted by Gasteiger charge is -2.22. The van der Waals surface area contributed by atoms with Crippen LogP contribution < -0.4 is 0 Å². The van der Waals surface area contributed by atoms with E-state index in [4.69, 9.17) is 14.6 Å². The molecule has 12 heavy (non-hydrogen) atoms. The Bertz CT molecular complexity index is 138. The Morgan fingerprint density at radius 2 is 1.92 bits per heavy atom. The van der Waals surface area contributed by atoms with Crippen LogP contribution in [0.15, 0.2) is 0 Å². The van der Waals surface area contributed by atoms with Crippen LogP contribution in [0.25, 0.3) is 0 Å². The Morgan fingerprint density at radius 1 is 1.25 bits per heavy atom. The molecule has 0 radical (unpaired) electrons. The predicted molar refractivity (Wildman–Crippen MR) is 39.4 cm³/mol. The maximum absolute atomic E-state index is 9.37. The van der Waals surface area contributed by atoms with Gasteiger partial charge in [-0.25, -0.2) is 0 Å². The van der Waals surface area contributed by atoms with Crippen LogP contribution in [0.1, 0.15) is 6.92 Å². The first-order valence-corrected chi connectivity index (χ1v) is 3.87. The van der Waals surface area contributed by atoms with E-state index in [1.807, 2.05) is 0 Å². The highest BCUT2D eigenvalue weighted by molar-refractivity contribution is 4.81. The summed E-state index contributed by atoms with van der Waals surface area (Å²) < 4.78 is 9.90. The van der Waals surface area contributed by atoms with E-state index in [0.717, 1.165) is 0 Å². The number of aliphatic hydroxyl groups is 3. The fourth-order valence-electron chi connectivity index (χ4n) is 1.09. The molecule has 0 amide bonds. The van der Waals surface area contributed by atoms with Gasteiger partial charge in [-0.3, -0.25) is 0 Å². The van der Waals surface area contributed by atoms with Crippen molar-refractivity contribution in [3.05, 3.63) is 0 Å². The fourth-order valence-corrected chi connectivity index (χ4v) is 1.09. The van der Waals surface area contributed by atoms with Crippen LogP contribution in [-0.2, 0) is 9.47 Å². The Labute approximate surface area is 70.5 Å². The van der Waals surface area contributed by atoms with Gasteiger partial charge in [0.1, 0.15) is 25.1 Å². The van der Waals surface area contributed by atoms with Gasteiger partial charge in [0.25, 0.3) is 0 Å². The second kappa shape index (κ2) is 4.15. The SMILES string of the molecule is C[C@@H]1OCO[C@@H](CO)[C@H](O)[C@H]1O. The van der Waals surface area contributed by atoms with Crippen LogP contribution in [0.4, 0.5) is 0 Å². The van der Waals surface area contributed by atoms with Crippen molar-refractivity contribution in [2.45, 2.75) is 31.3 Å². The van der Waals surface area contributed by atoms with Crippen molar-refractivity contribution in [1.82, 2.24) is 0 Å². The van der Waals surface area contributed by atoms with Gasteiger partial charge >= 0.3 is 0 Å². The maximum Gasteiger partial charge on any atom is 0.147 e. The summed E-state index contributed by atoms with van der Waals surface area (Å²) in [6.45, 7) is 1.30. The third kappa shape index (κ3) is 1.94. The second-order valence-corrected chi connectivity index (χ2v) is 2.86. The van der Waals surface area contributed by atoms with Crippen molar-refractivity contribution < 1.29 is 24.8 Å². The smallest absolute Gasteiger partial charge is 0.147 e. The molecule has 1 aliphatic rings. The van der Waals surface area contributed by atoms with Crippen molar-refractivity contribution in [2.75, 3.05) is 13.4 Å². The predicted octanol–water partition coefficient (Wildman–Crippen LogP) is -1.54. The van der Waals surface area contributed by atoms with E-state index in [9.17, 15) is 10.2 Å². The zero-order valence-corrected chi connectivity index (χ0v) is 6.88. The third-order valence-electron chi connectivity index (χ3n) is 2.00. The van der Waals surface area contributed by atoms with E-state index >= 15 is 0 Å². The molecule has 1 fully saturated rings. The van der Waals surface area contributed by atoms with E-state index in [1.54, 1.807) is 6.92 Å². The number of ether oxygens (including phenoxy) is 2. The van der Waals surface area contributed by atoms with Crippen LogP contribution >= 0.6 is 0 Å². The molecular weight excluding hydrogens is 164 g/mol. The van der Waals surface area contributed by atoms with Gasteiger partial charge in [-0.1, -0.05) is 0 Å². The van der Waals surface area contributed by atoms with E-state index in [1.165, 1.54) is 0 Å². The summed E-state index contributed by atoms with van der Waals surface area (Å²) in [7, 11) is 0. The van der Waals surface area contributed by atoms with Crippen molar-refractivity contribution in [2.24, 2.45) is 0 Å². The zero-order chi connectivity index (χ0) is 9.14. The molecule has 0 aliphatic carbocycles. The normalized spacial score (nSPS) is 44.0. The molecule has 0 spiro atoms. The largest absolute Gasteiger partial charge is 0.394 e. The van der Waals surface area contributed by atoms with E-state index in [0.29, 0.717) is 0 Å². The molecule has 3 N–H and O–H groups in total. The van der Waals surface area contributed by atoms with Crippen LogP contribution in [0.3, 0.4) is 0 Å². The van der Waals surface area contributed by atoms with Crippen molar-refractivity contribution in [3.63, 3.8) is 0 Å². The van der Waals surface area contributed by atoms with E-state index in [2.05, 4.69) is 0 Å². The molecule has 0 unspecified atom stereocenters. The van der Waals surface area contributed by atoms with Crippen molar-refractivity contribution in [1.29, 1.82) is 0 Å². The minimum Gasteiger partial charge on any atom is -0.394 e. The standard InChI is InChI=1S/C7H14O5/c1-4-6(9)7(10)5(2-8)12-3-11-4/h4-10H,2-3H2,1H3/t4-,5-,6-,7-/m0/s1. The van der Waals surface area contributed by atoms with Gasteiger partial charge in [0.05, 0.1) is 12.7 Å². The van der Waals surface area contributed by atoms with Gasteiger partial charge < -0.3 is 24.8 Å². The molecule has 1 aliphatic heterocycles. The monoisotopic (exact) mass is 178 g/mol. The van der Waals surface area contributed by atoms with Gasteiger partial charge in [0, 0.05) is 0 Å². The van der Waals surface area contributed by atoms with E-state index in [-0.39, 0.29) is 13.4 Å². The highest BCUT2D eigenvalue weighted by Gasteiger charge is 2.33. The second-order valence-electron chi connectivity index (χ2n) is 2.86. The lowest BCUT2D eigenvalue weighted by atomic mass is 10.1. The summed E-state index contributed by atoms with van der Waals surface area (Å²) >= 11 is 0. The molecule has 1 saturated heterocycles. The highest BCUT2D eigenvalue weighted by atomic mass is 16.7. The summed E-state index contributed by atoms with van der Waals surface area (Å²) in [4.78, 5) is 0. The third-order valence-corrected chi connectivity index (χ3v) is 2.00. The number of hydrogen-bond donors (Lipinski definition) is 3. The minimum absolute atomic E-state index is 0.0134. The molecule has 4 atom stereocenters. The fraction of sp³-hybridized carbons (Fsp3) is 1.00. The van der Waals surface area contributed by atoms with E-state index < -0.39 is 24.4 Å². The first-order chi connectivity index (χ1) is 5.66. The Morgan fingerprint density at radius 3 is 2.50 bits per heavy atom. The summed E-state index contributed by atoms with van der Waals surface area (Å²) in [6, 6.07) is 0. The highest BCUT2D eigenvalue weighted by Crippen LogP contribution is 2.14. The van der Waals surface area contributed by atoms with Gasteiger partial charge in [0.15, 0.2) is 0 Å². The van der Waals surface area contributed by atoms with Gasteiger partial charge in [0.2, 0.25) is 0 Å². The van der Waals surface area contributed by atoms with Gasteiger partial charge in [-0.05, 0) is 6.92 Å². The molecule has 5 nitrogen and oxygen atoms in total. The summed E-state index contributed by atoms with van der Waals surface area (Å²) in [6.07, 6.45) is -3.33. The zero-order valence-electron chi connectivity index (χ0n) is 6.88. The van der Waals surface area contributed by atoms with Crippen LogP contribution in [0, 0.1) is 0 Å². The maximum atomic E-state index is 9.37. The Balaban J connectivity index is 2.59. The van der Waals surface area contributed by atoms with Crippen LogP contribution in [-0.4, -0.2) is 53.1 Å². The quantitative estimate of drug-likeness (QED) is 0.453. The van der Waals surface area contributed by atoms with Gasteiger partial charge in [-0.2, -0.15) is 0 Å². The Hall–Kier alpha value is -0.200. The first-order valence-electron chi connectivity index (χ1n) is 3.87. The molecule has 1 heterocycles. The molecule has 0 aromatic carbocycles. The van der Waals surface area contributed by atoms with Crippen molar-refractivity contribution >= 4 is 0 Å².